The molecule has 0 heterocycles. The number of rotatable bonds is 7. The van der Waals surface area contributed by atoms with Gasteiger partial charge in [-0.05, 0) is 58.4 Å². The summed E-state index contributed by atoms with van der Waals surface area (Å²) in [6, 6.07) is 9.35. The van der Waals surface area contributed by atoms with Crippen molar-refractivity contribution < 1.29 is 27.5 Å². The van der Waals surface area contributed by atoms with Crippen LogP contribution in [0, 0.1) is 5.82 Å². The van der Waals surface area contributed by atoms with Gasteiger partial charge in [-0.25, -0.2) is 9.18 Å². The van der Waals surface area contributed by atoms with Gasteiger partial charge in [0.05, 0.1) is 19.1 Å². The second kappa shape index (κ2) is 12.3. The summed E-state index contributed by atoms with van der Waals surface area (Å²) in [6.07, 6.45) is 0.182. The van der Waals surface area contributed by atoms with Gasteiger partial charge in [0.15, 0.2) is 0 Å². The first-order valence-corrected chi connectivity index (χ1v) is 11.0. The number of benzene rings is 2. The van der Waals surface area contributed by atoms with Gasteiger partial charge in [0.25, 0.3) is 0 Å². The second-order valence-electron chi connectivity index (χ2n) is 7.66. The lowest BCUT2D eigenvalue weighted by Gasteiger charge is -2.19. The second-order valence-corrected chi connectivity index (χ2v) is 8.55. The first kappa shape index (κ1) is 26.5. The van der Waals surface area contributed by atoms with Gasteiger partial charge in [0, 0.05) is 5.75 Å². The predicted octanol–water partition coefficient (Wildman–Crippen LogP) is 3.95. The lowest BCUT2D eigenvalue weighted by Crippen LogP contribution is -2.17. The van der Waals surface area contributed by atoms with E-state index in [4.69, 9.17) is 5.73 Å². The molecule has 0 fully saturated rings. The van der Waals surface area contributed by atoms with Gasteiger partial charge in [0.1, 0.15) is 5.82 Å². The third kappa shape index (κ3) is 8.59. The van der Waals surface area contributed by atoms with E-state index >= 15 is 0 Å². The monoisotopic (exact) mass is 450 g/mol. The average molecular weight is 451 g/mol. The molecular formula is C23H29FNO5S-. The molecule has 170 valence electrons. The number of esters is 1. The van der Waals surface area contributed by atoms with E-state index in [1.807, 2.05) is 27.7 Å². The summed E-state index contributed by atoms with van der Waals surface area (Å²) < 4.78 is 38.9. The van der Waals surface area contributed by atoms with Crippen molar-refractivity contribution in [1.29, 1.82) is 0 Å². The van der Waals surface area contributed by atoms with Crippen molar-refractivity contribution in [3.8, 4) is 0 Å². The number of carbonyl (C=O) groups is 2. The van der Waals surface area contributed by atoms with Crippen molar-refractivity contribution in [3.05, 3.63) is 70.0 Å². The Morgan fingerprint density at radius 2 is 1.65 bits per heavy atom. The van der Waals surface area contributed by atoms with Crippen molar-refractivity contribution >= 4 is 23.0 Å². The van der Waals surface area contributed by atoms with Crippen molar-refractivity contribution in [2.24, 2.45) is 5.73 Å². The maximum Gasteiger partial charge on any atom is 0.337 e. The van der Waals surface area contributed by atoms with Gasteiger partial charge < -0.3 is 15.0 Å². The van der Waals surface area contributed by atoms with Crippen molar-refractivity contribution in [2.75, 3.05) is 7.11 Å². The Hall–Kier alpha value is -2.58. The Bertz CT molecular complexity index is 914. The van der Waals surface area contributed by atoms with Crippen LogP contribution in [0.15, 0.2) is 36.4 Å². The summed E-state index contributed by atoms with van der Waals surface area (Å²) in [4.78, 5) is 22.2. The van der Waals surface area contributed by atoms with Crippen LogP contribution in [0.2, 0.25) is 0 Å². The van der Waals surface area contributed by atoms with Gasteiger partial charge in [-0.15, -0.1) is 0 Å². The minimum Gasteiger partial charge on any atom is -0.772 e. The van der Waals surface area contributed by atoms with E-state index in [1.165, 1.54) is 25.3 Å². The van der Waals surface area contributed by atoms with Crippen LogP contribution in [0.3, 0.4) is 0 Å². The fraction of sp³-hybridized carbons (Fsp3) is 0.391. The van der Waals surface area contributed by atoms with E-state index in [9.17, 15) is 22.7 Å². The molecule has 0 saturated carbocycles. The lowest BCUT2D eigenvalue weighted by molar-refractivity contribution is -0.117. The van der Waals surface area contributed by atoms with Gasteiger partial charge in [-0.3, -0.25) is 9.00 Å². The van der Waals surface area contributed by atoms with Gasteiger partial charge in [-0.2, -0.15) is 0 Å². The van der Waals surface area contributed by atoms with Crippen LogP contribution >= 0.6 is 0 Å². The number of ether oxygens (including phenoxy) is 1. The van der Waals surface area contributed by atoms with Crippen LogP contribution in [-0.2, 0) is 32.8 Å². The average Bonchev–Trinajstić information content (AvgIpc) is 2.67. The van der Waals surface area contributed by atoms with Crippen molar-refractivity contribution in [2.45, 2.75) is 51.7 Å². The number of halogens is 1. The molecule has 0 bridgehead atoms. The number of nitrogens with two attached hydrogens (primary N) is 1. The Kier molecular flexibility index (Phi) is 10.5. The molecule has 8 heteroatoms. The molecule has 1 amide bonds. The Labute approximate surface area is 185 Å². The van der Waals surface area contributed by atoms with Gasteiger partial charge in [-0.1, -0.05) is 50.9 Å². The summed E-state index contributed by atoms with van der Waals surface area (Å²) in [5.74, 6) is -0.824. The van der Waals surface area contributed by atoms with E-state index in [0.717, 1.165) is 16.7 Å². The van der Waals surface area contributed by atoms with E-state index in [1.54, 1.807) is 18.2 Å². The zero-order valence-corrected chi connectivity index (χ0v) is 19.3. The quantitative estimate of drug-likeness (QED) is 0.507. The summed E-state index contributed by atoms with van der Waals surface area (Å²) in [7, 11) is 1.28. The zero-order valence-electron chi connectivity index (χ0n) is 18.4. The molecule has 2 aromatic rings. The van der Waals surface area contributed by atoms with E-state index in [-0.39, 0.29) is 35.7 Å². The summed E-state index contributed by atoms with van der Waals surface area (Å²) in [5.41, 5.74) is 8.85. The minimum atomic E-state index is -2.14. The molecule has 1 atom stereocenters. The van der Waals surface area contributed by atoms with Crippen LogP contribution in [0.5, 0.6) is 0 Å². The normalized spacial score (nSPS) is 11.6. The molecule has 0 radical (unpaired) electrons. The minimum absolute atomic E-state index is 0.0924. The van der Waals surface area contributed by atoms with Crippen molar-refractivity contribution in [1.82, 2.24) is 0 Å². The number of hydrogen-bond donors (Lipinski definition) is 1. The van der Waals surface area contributed by atoms with Gasteiger partial charge >= 0.3 is 5.97 Å². The smallest absolute Gasteiger partial charge is 0.337 e. The standard InChI is InChI=1S/C14H20FNO.C9H10O4S/c1-8(2)11-5-10(15)6-12(9(3)4)13(11)7-14(16)17;1-13-9(10)8-4-2-3-7(5-8)6-14(11)12/h5-6,8-9H,7H2,1-4H3,(H2,16,17);2-5H,6H2,1H3,(H,11,12)/p-1. The number of carbonyl (C=O) groups excluding carboxylic acids is 2. The number of hydrogen-bond acceptors (Lipinski definition) is 5. The highest BCUT2D eigenvalue weighted by Gasteiger charge is 2.17. The molecule has 0 spiro atoms. The summed E-state index contributed by atoms with van der Waals surface area (Å²) in [5, 5.41) is 0. The fourth-order valence-corrected chi connectivity index (χ4v) is 3.58. The third-order valence-electron chi connectivity index (χ3n) is 4.51. The molecule has 0 aliphatic carbocycles. The highest BCUT2D eigenvalue weighted by atomic mass is 32.2. The Morgan fingerprint density at radius 1 is 1.10 bits per heavy atom. The van der Waals surface area contributed by atoms with E-state index < -0.39 is 17.0 Å². The molecule has 0 aliphatic heterocycles. The first-order valence-electron chi connectivity index (χ1n) is 9.79. The number of methoxy groups -OCH3 is 1. The highest BCUT2D eigenvalue weighted by molar-refractivity contribution is 7.78. The van der Waals surface area contributed by atoms with E-state index in [2.05, 4.69) is 4.74 Å². The van der Waals surface area contributed by atoms with Crippen LogP contribution in [0.4, 0.5) is 4.39 Å². The largest absolute Gasteiger partial charge is 0.772 e. The first-order chi connectivity index (χ1) is 14.5. The summed E-state index contributed by atoms with van der Waals surface area (Å²) >= 11 is -2.14. The van der Waals surface area contributed by atoms with Crippen LogP contribution in [0.1, 0.15) is 72.1 Å². The SMILES string of the molecule is CC(C)c1cc(F)cc(C(C)C)c1CC(N)=O.COC(=O)c1cccc(CS(=O)[O-])c1. The molecule has 2 N–H and O–H groups in total. The maximum atomic E-state index is 13.5. The fourth-order valence-electron chi connectivity index (χ4n) is 3.13. The molecule has 2 rings (SSSR count). The van der Waals surface area contributed by atoms with Crippen LogP contribution in [-0.4, -0.2) is 27.7 Å². The molecule has 0 aromatic heterocycles. The molecule has 2 aromatic carbocycles. The lowest BCUT2D eigenvalue weighted by atomic mass is 9.87. The Morgan fingerprint density at radius 3 is 2.06 bits per heavy atom. The summed E-state index contributed by atoms with van der Waals surface area (Å²) in [6.45, 7) is 7.96. The van der Waals surface area contributed by atoms with E-state index in [0.29, 0.717) is 11.1 Å². The molecule has 31 heavy (non-hydrogen) atoms. The maximum absolute atomic E-state index is 13.5. The predicted molar refractivity (Wildman–Crippen MR) is 118 cm³/mol. The van der Waals surface area contributed by atoms with Crippen molar-refractivity contribution in [3.63, 3.8) is 0 Å². The highest BCUT2D eigenvalue weighted by Crippen LogP contribution is 2.29. The number of primary amides is 1. The molecule has 0 saturated heterocycles. The topological polar surface area (TPSA) is 110 Å². The van der Waals surface area contributed by atoms with Crippen LogP contribution < -0.4 is 5.73 Å². The molecule has 1 unspecified atom stereocenters. The zero-order chi connectivity index (χ0) is 23.7. The molecule has 6 nitrogen and oxygen atoms in total. The van der Waals surface area contributed by atoms with Crippen LogP contribution in [0.25, 0.3) is 0 Å². The molecule has 0 aliphatic rings. The third-order valence-corrected chi connectivity index (χ3v) is 5.08. The molecular weight excluding hydrogens is 421 g/mol. The number of amides is 1. The van der Waals surface area contributed by atoms with Gasteiger partial charge in [0.2, 0.25) is 5.91 Å². The Balaban J connectivity index is 0.000000316.